The zero-order valence-electron chi connectivity index (χ0n) is 10.1. The molecule has 0 aromatic heterocycles. The molecule has 96 valence electrons. The lowest BCUT2D eigenvalue weighted by atomic mass is 9.94. The van der Waals surface area contributed by atoms with Crippen LogP contribution in [0.2, 0.25) is 0 Å². The smallest absolute Gasteiger partial charge is 0.236 e. The molecule has 0 aromatic carbocycles. The van der Waals surface area contributed by atoms with E-state index in [1.807, 2.05) is 11.8 Å². The van der Waals surface area contributed by atoms with Crippen LogP contribution in [0.3, 0.4) is 0 Å². The van der Waals surface area contributed by atoms with Gasteiger partial charge in [-0.2, -0.15) is 11.8 Å². The van der Waals surface area contributed by atoms with Gasteiger partial charge in [-0.25, -0.2) is 0 Å². The highest BCUT2D eigenvalue weighted by Crippen LogP contribution is 2.28. The second kappa shape index (κ2) is 8.20. The monoisotopic (exact) mass is 266 g/mol. The maximum Gasteiger partial charge on any atom is 0.236 e. The van der Waals surface area contributed by atoms with Crippen LogP contribution in [-0.4, -0.2) is 29.0 Å². The summed E-state index contributed by atoms with van der Waals surface area (Å²) in [6.07, 6.45) is 4.85. The molecule has 2 unspecified atom stereocenters. The Morgan fingerprint density at radius 2 is 2.12 bits per heavy atom. The molecular weight excluding hydrogens is 244 g/mol. The van der Waals surface area contributed by atoms with E-state index in [2.05, 4.69) is 12.2 Å². The maximum atomic E-state index is 11.5. The van der Waals surface area contributed by atoms with Crippen molar-refractivity contribution in [1.82, 2.24) is 5.32 Å². The highest BCUT2D eigenvalue weighted by molar-refractivity contribution is 7.99. The van der Waals surface area contributed by atoms with E-state index in [1.54, 1.807) is 6.92 Å². The van der Waals surface area contributed by atoms with Gasteiger partial charge in [-0.1, -0.05) is 19.8 Å². The third kappa shape index (κ3) is 4.93. The minimum Gasteiger partial charge on any atom is -0.351 e. The predicted octanol–water partition coefficient (Wildman–Crippen LogP) is 1.94. The van der Waals surface area contributed by atoms with E-state index in [4.69, 9.17) is 5.73 Å². The minimum atomic E-state index is -0.390. The predicted molar refractivity (Wildman–Crippen MR) is 73.2 cm³/mol. The summed E-state index contributed by atoms with van der Waals surface area (Å²) in [6, 6.07) is -0.0543. The van der Waals surface area contributed by atoms with Gasteiger partial charge < -0.3 is 11.1 Å². The summed E-state index contributed by atoms with van der Waals surface area (Å²) >= 11 is 1.96. The third-order valence-corrected chi connectivity index (χ3v) is 4.15. The van der Waals surface area contributed by atoms with Gasteiger partial charge in [0.25, 0.3) is 0 Å². The van der Waals surface area contributed by atoms with Crippen LogP contribution in [0.4, 0.5) is 0 Å². The van der Waals surface area contributed by atoms with Gasteiger partial charge in [-0.05, 0) is 25.5 Å². The van der Waals surface area contributed by atoms with Crippen molar-refractivity contribution in [2.75, 3.05) is 5.75 Å². The first-order chi connectivity index (χ1) is 7.15. The van der Waals surface area contributed by atoms with Crippen molar-refractivity contribution < 1.29 is 4.79 Å². The Morgan fingerprint density at radius 3 is 2.69 bits per heavy atom. The Kier molecular flexibility index (Phi) is 8.24. The summed E-state index contributed by atoms with van der Waals surface area (Å²) in [4.78, 5) is 11.5. The summed E-state index contributed by atoms with van der Waals surface area (Å²) in [5.41, 5.74) is 5.55. The number of nitrogens with two attached hydrogens (primary N) is 1. The molecule has 1 aliphatic rings. The van der Waals surface area contributed by atoms with Gasteiger partial charge in [-0.3, -0.25) is 4.79 Å². The highest BCUT2D eigenvalue weighted by Gasteiger charge is 2.26. The van der Waals surface area contributed by atoms with Crippen LogP contribution >= 0.6 is 24.2 Å². The normalized spacial score (nSPS) is 26.7. The average molecular weight is 267 g/mol. The molecule has 1 fully saturated rings. The lowest BCUT2D eigenvalue weighted by molar-refractivity contribution is -0.122. The molecule has 3 atom stereocenters. The van der Waals surface area contributed by atoms with Crippen LogP contribution < -0.4 is 11.1 Å². The number of carbonyl (C=O) groups excluding carboxylic acids is 1. The van der Waals surface area contributed by atoms with E-state index < -0.39 is 0 Å². The van der Waals surface area contributed by atoms with Crippen LogP contribution in [0.1, 0.15) is 39.5 Å². The number of hydrogen-bond acceptors (Lipinski definition) is 3. The number of thioether (sulfide) groups is 1. The van der Waals surface area contributed by atoms with E-state index in [9.17, 15) is 4.79 Å². The van der Waals surface area contributed by atoms with Crippen molar-refractivity contribution in [2.24, 2.45) is 5.73 Å². The van der Waals surface area contributed by atoms with Crippen molar-refractivity contribution in [3.05, 3.63) is 0 Å². The van der Waals surface area contributed by atoms with Crippen molar-refractivity contribution in [1.29, 1.82) is 0 Å². The van der Waals surface area contributed by atoms with Crippen molar-refractivity contribution in [3.63, 3.8) is 0 Å². The van der Waals surface area contributed by atoms with Crippen LogP contribution in [0, 0.1) is 0 Å². The summed E-state index contributed by atoms with van der Waals surface area (Å²) in [7, 11) is 0. The first-order valence-electron chi connectivity index (χ1n) is 5.82. The molecule has 1 aliphatic carbocycles. The maximum absolute atomic E-state index is 11.5. The van der Waals surface area contributed by atoms with E-state index in [-0.39, 0.29) is 24.4 Å². The standard InChI is InChI=1S/C11H22N2OS.ClH/c1-3-15-10-7-5-4-6-9(10)13-11(14)8(2)12;/h8-10H,3-7,12H2,1-2H3,(H,13,14);1H/t8-,9?,10?;/m1./s1. The summed E-state index contributed by atoms with van der Waals surface area (Å²) in [5, 5.41) is 3.66. The molecule has 1 amide bonds. The molecule has 0 aliphatic heterocycles. The second-order valence-corrected chi connectivity index (χ2v) is 5.70. The summed E-state index contributed by atoms with van der Waals surface area (Å²) in [6.45, 7) is 3.91. The Morgan fingerprint density at radius 1 is 1.50 bits per heavy atom. The summed E-state index contributed by atoms with van der Waals surface area (Å²) in [5.74, 6) is 1.11. The minimum absolute atomic E-state index is 0. The van der Waals surface area contributed by atoms with Crippen molar-refractivity contribution in [3.8, 4) is 0 Å². The van der Waals surface area contributed by atoms with E-state index in [0.717, 1.165) is 12.2 Å². The lowest BCUT2D eigenvalue weighted by Gasteiger charge is -2.32. The molecule has 1 saturated carbocycles. The largest absolute Gasteiger partial charge is 0.351 e. The van der Waals surface area contributed by atoms with Crippen LogP contribution in [-0.2, 0) is 4.79 Å². The molecule has 1 rings (SSSR count). The quantitative estimate of drug-likeness (QED) is 0.818. The van der Waals surface area contributed by atoms with Crippen molar-refractivity contribution in [2.45, 2.75) is 56.9 Å². The van der Waals surface area contributed by atoms with Crippen LogP contribution in [0.25, 0.3) is 0 Å². The lowest BCUT2D eigenvalue weighted by Crippen LogP contribution is -2.49. The number of nitrogens with one attached hydrogen (secondary N) is 1. The number of hydrogen-bond donors (Lipinski definition) is 2. The molecular formula is C11H23ClN2OS. The SMILES string of the molecule is CCSC1CCCCC1NC(=O)[C@@H](C)N.Cl. The molecule has 0 bridgehead atoms. The van der Waals surface area contributed by atoms with E-state index in [0.29, 0.717) is 11.3 Å². The van der Waals surface area contributed by atoms with Gasteiger partial charge in [0.05, 0.1) is 6.04 Å². The van der Waals surface area contributed by atoms with Gasteiger partial charge in [0.15, 0.2) is 0 Å². The van der Waals surface area contributed by atoms with E-state index >= 15 is 0 Å². The first kappa shape index (κ1) is 16.1. The molecule has 0 saturated heterocycles. The van der Waals surface area contributed by atoms with Crippen LogP contribution in [0.15, 0.2) is 0 Å². The number of amides is 1. The fourth-order valence-electron chi connectivity index (χ4n) is 1.99. The molecule has 0 spiro atoms. The molecule has 5 heteroatoms. The second-order valence-electron chi connectivity index (χ2n) is 4.18. The number of halogens is 1. The number of carbonyl (C=O) groups is 1. The number of rotatable bonds is 4. The van der Waals surface area contributed by atoms with Gasteiger partial charge in [-0.15, -0.1) is 12.4 Å². The van der Waals surface area contributed by atoms with Crippen LogP contribution in [0.5, 0.6) is 0 Å². The Bertz CT molecular complexity index is 212. The molecule has 3 nitrogen and oxygen atoms in total. The van der Waals surface area contributed by atoms with Gasteiger partial charge >= 0.3 is 0 Å². The van der Waals surface area contributed by atoms with Gasteiger partial charge in [0, 0.05) is 11.3 Å². The molecule has 3 N–H and O–H groups in total. The zero-order chi connectivity index (χ0) is 11.3. The average Bonchev–Trinajstić information content (AvgIpc) is 2.21. The Balaban J connectivity index is 0.00000225. The summed E-state index contributed by atoms with van der Waals surface area (Å²) < 4.78 is 0. The van der Waals surface area contributed by atoms with Gasteiger partial charge in [0.1, 0.15) is 0 Å². The molecule has 16 heavy (non-hydrogen) atoms. The molecule has 0 heterocycles. The highest BCUT2D eigenvalue weighted by atomic mass is 35.5. The van der Waals surface area contributed by atoms with Crippen molar-refractivity contribution >= 4 is 30.1 Å². The molecule has 0 aromatic rings. The third-order valence-electron chi connectivity index (χ3n) is 2.82. The Labute approximate surface area is 109 Å². The topological polar surface area (TPSA) is 55.1 Å². The van der Waals surface area contributed by atoms with E-state index in [1.165, 1.54) is 19.3 Å². The van der Waals surface area contributed by atoms with Gasteiger partial charge in [0.2, 0.25) is 5.91 Å². The zero-order valence-corrected chi connectivity index (χ0v) is 11.7. The fraction of sp³-hybridized carbons (Fsp3) is 0.909. The Hall–Kier alpha value is 0.0700. The fourth-order valence-corrected chi connectivity index (χ4v) is 3.19. The first-order valence-corrected chi connectivity index (χ1v) is 6.87. The molecule has 0 radical (unpaired) electrons.